The molecule has 0 radical (unpaired) electrons. The molecule has 7 nitrogen and oxygen atoms in total. The first-order valence-electron chi connectivity index (χ1n) is 17.0. The van der Waals surface area contributed by atoms with Gasteiger partial charge in [0.1, 0.15) is 31.5 Å². The third-order valence-corrected chi connectivity index (χ3v) is 9.41. The predicted molar refractivity (Wildman–Crippen MR) is 187 cm³/mol. The molecule has 1 aliphatic rings. The van der Waals surface area contributed by atoms with Gasteiger partial charge in [-0.2, -0.15) is 0 Å². The second kappa shape index (κ2) is 15.6. The highest BCUT2D eigenvalue weighted by Gasteiger charge is 2.33. The Bertz CT molecular complexity index is 1600. The maximum Gasteiger partial charge on any atom is 0.252 e. The number of aromatic nitrogens is 1. The molecule has 1 saturated heterocycles. The fourth-order valence-corrected chi connectivity index (χ4v) is 6.85. The fourth-order valence-electron chi connectivity index (χ4n) is 6.85. The van der Waals surface area contributed by atoms with Crippen LogP contribution in [0.4, 0.5) is 0 Å². The third kappa shape index (κ3) is 7.88. The van der Waals surface area contributed by atoms with Gasteiger partial charge in [0.2, 0.25) is 5.88 Å². The summed E-state index contributed by atoms with van der Waals surface area (Å²) in [4.78, 5) is 20.1. The lowest BCUT2D eigenvalue weighted by Gasteiger charge is -2.39. The Balaban J connectivity index is 1.44. The molecule has 1 aliphatic heterocycles. The molecule has 5 rings (SSSR count). The number of quaternary nitrogens is 1. The van der Waals surface area contributed by atoms with Crippen molar-refractivity contribution in [3.63, 3.8) is 0 Å². The summed E-state index contributed by atoms with van der Waals surface area (Å²) in [5.41, 5.74) is 10.6. The zero-order chi connectivity index (χ0) is 32.5. The number of unbranched alkanes of at least 4 members (excludes halogenated alkanes) is 1. The molecule has 3 aromatic carbocycles. The molecule has 0 spiro atoms. The molecule has 4 aromatic rings. The van der Waals surface area contributed by atoms with Crippen molar-refractivity contribution in [3.8, 4) is 22.8 Å². The maximum absolute atomic E-state index is 12.7. The van der Waals surface area contributed by atoms with Crippen molar-refractivity contribution < 1.29 is 18.8 Å². The normalized spacial score (nSPS) is 14.4. The summed E-state index contributed by atoms with van der Waals surface area (Å²) in [5, 5.41) is 2.21. The van der Waals surface area contributed by atoms with Gasteiger partial charge in [-0.1, -0.05) is 74.9 Å². The zero-order valence-corrected chi connectivity index (χ0v) is 28.1. The lowest BCUT2D eigenvalue weighted by atomic mass is 9.89. The molecule has 2 N–H and O–H groups in total. The number of carbonyl (C=O) groups is 1. The topological polar surface area (TPSA) is 77.7 Å². The molecule has 1 amide bonds. The summed E-state index contributed by atoms with van der Waals surface area (Å²) in [6.07, 6.45) is 6.53. The van der Waals surface area contributed by atoms with Gasteiger partial charge in [-0.05, 0) is 67.9 Å². The van der Waals surface area contributed by atoms with Crippen molar-refractivity contribution >= 4 is 16.7 Å². The van der Waals surface area contributed by atoms with E-state index in [0.29, 0.717) is 34.9 Å². The lowest BCUT2D eigenvalue weighted by molar-refractivity contribution is -0.921. The average Bonchev–Trinajstić information content (AvgIpc) is 3.58. The SMILES string of the molecule is CCCCc1cc2ccccc2c(OCC[N+](C)(C)[C@@H](CC)c2ccc(C(N)=O)c(OCCN3CCCC3)c2-c2ccccc2)n1. The highest BCUT2D eigenvalue weighted by Crippen LogP contribution is 2.43. The molecule has 0 unspecified atom stereocenters. The second-order valence-electron chi connectivity index (χ2n) is 13.1. The Morgan fingerprint density at radius 1 is 0.957 bits per heavy atom. The van der Waals surface area contributed by atoms with Gasteiger partial charge in [-0.3, -0.25) is 9.69 Å². The molecular formula is C39H51N4O3+. The van der Waals surface area contributed by atoms with E-state index in [0.717, 1.165) is 85.0 Å². The summed E-state index contributed by atoms with van der Waals surface area (Å²) >= 11 is 0. The van der Waals surface area contributed by atoms with Crippen LogP contribution in [0, 0.1) is 0 Å². The number of carbonyl (C=O) groups excluding carboxylic acids is 1. The first-order valence-corrected chi connectivity index (χ1v) is 17.0. The lowest BCUT2D eigenvalue weighted by Crippen LogP contribution is -2.46. The minimum Gasteiger partial charge on any atom is -0.491 e. The van der Waals surface area contributed by atoms with E-state index >= 15 is 0 Å². The van der Waals surface area contributed by atoms with Crippen LogP contribution in [0.15, 0.2) is 72.8 Å². The predicted octanol–water partition coefficient (Wildman–Crippen LogP) is 7.42. The van der Waals surface area contributed by atoms with Crippen LogP contribution in [-0.2, 0) is 6.42 Å². The van der Waals surface area contributed by atoms with Crippen molar-refractivity contribution in [1.82, 2.24) is 9.88 Å². The van der Waals surface area contributed by atoms with Crippen LogP contribution in [0.3, 0.4) is 0 Å². The zero-order valence-electron chi connectivity index (χ0n) is 28.1. The van der Waals surface area contributed by atoms with Crippen LogP contribution in [0.1, 0.15) is 73.6 Å². The molecule has 2 heterocycles. The van der Waals surface area contributed by atoms with Gasteiger partial charge in [0.25, 0.3) is 5.91 Å². The summed E-state index contributed by atoms with van der Waals surface area (Å²) in [6, 6.07) is 24.8. The van der Waals surface area contributed by atoms with Gasteiger partial charge in [0.15, 0.2) is 0 Å². The Hall–Kier alpha value is -3.94. The first-order chi connectivity index (χ1) is 22.3. The molecule has 0 aliphatic carbocycles. The molecule has 1 aromatic heterocycles. The van der Waals surface area contributed by atoms with E-state index in [-0.39, 0.29) is 6.04 Å². The highest BCUT2D eigenvalue weighted by atomic mass is 16.5. The number of nitrogens with zero attached hydrogens (tertiary/aromatic N) is 3. The van der Waals surface area contributed by atoms with Crippen LogP contribution in [0.25, 0.3) is 21.9 Å². The smallest absolute Gasteiger partial charge is 0.252 e. The minimum absolute atomic E-state index is 0.113. The number of fused-ring (bicyclic) bond motifs is 1. The molecule has 244 valence electrons. The Labute approximate surface area is 274 Å². The summed E-state index contributed by atoms with van der Waals surface area (Å²) < 4.78 is 13.7. The number of likely N-dealkylation sites (tertiary alicyclic amines) is 1. The van der Waals surface area contributed by atoms with Crippen LogP contribution < -0.4 is 15.2 Å². The van der Waals surface area contributed by atoms with Crippen molar-refractivity contribution in [1.29, 1.82) is 0 Å². The Kier molecular flexibility index (Phi) is 11.3. The van der Waals surface area contributed by atoms with Gasteiger partial charge >= 0.3 is 0 Å². The van der Waals surface area contributed by atoms with Crippen LogP contribution in [0.5, 0.6) is 11.6 Å². The quantitative estimate of drug-likeness (QED) is 0.131. The van der Waals surface area contributed by atoms with Crippen LogP contribution in [-0.4, -0.2) is 73.8 Å². The van der Waals surface area contributed by atoms with Gasteiger partial charge in [-0.25, -0.2) is 4.98 Å². The Morgan fingerprint density at radius 3 is 2.41 bits per heavy atom. The molecule has 7 heteroatoms. The van der Waals surface area contributed by atoms with Crippen molar-refractivity contribution in [2.45, 2.75) is 58.4 Å². The van der Waals surface area contributed by atoms with Gasteiger partial charge < -0.3 is 19.7 Å². The van der Waals surface area contributed by atoms with E-state index < -0.39 is 5.91 Å². The minimum atomic E-state index is -0.476. The van der Waals surface area contributed by atoms with Crippen molar-refractivity contribution in [3.05, 3.63) is 89.6 Å². The summed E-state index contributed by atoms with van der Waals surface area (Å²) in [6.45, 7) is 9.25. The van der Waals surface area contributed by atoms with E-state index in [9.17, 15) is 4.79 Å². The van der Waals surface area contributed by atoms with Crippen molar-refractivity contribution in [2.24, 2.45) is 5.73 Å². The summed E-state index contributed by atoms with van der Waals surface area (Å²) in [7, 11) is 4.51. The fraction of sp³-hybridized carbons (Fsp3) is 0.436. The standard InChI is InChI=1S/C39H50N4O3/c1-5-7-18-31-28-30-17-11-12-19-32(30)39(41-31)46-27-25-43(3,4)35(6-2)33-20-21-34(38(40)44)37(36(33)29-15-9-8-10-16-29)45-26-24-42-22-13-14-23-42/h8-12,15-17,19-21,28,35H,5-7,13-14,18,22-27H2,1-4H3,(H-,40,44)/p+1/t35-/m0/s1. The monoisotopic (exact) mass is 623 g/mol. The average molecular weight is 624 g/mol. The number of pyridine rings is 1. The van der Waals surface area contributed by atoms with E-state index in [1.165, 1.54) is 12.8 Å². The number of benzene rings is 3. The first kappa shape index (κ1) is 33.4. The van der Waals surface area contributed by atoms with E-state index in [1.807, 2.05) is 30.3 Å². The van der Waals surface area contributed by atoms with E-state index in [2.05, 4.69) is 75.3 Å². The van der Waals surface area contributed by atoms with E-state index in [1.54, 1.807) is 0 Å². The number of nitrogens with two attached hydrogens (primary N) is 1. The number of rotatable bonds is 16. The number of aryl methyl sites for hydroxylation is 1. The number of hydrogen-bond donors (Lipinski definition) is 1. The number of amides is 1. The van der Waals surface area contributed by atoms with Crippen LogP contribution in [0.2, 0.25) is 0 Å². The number of likely N-dealkylation sites (N-methyl/N-ethyl adjacent to an activating group) is 1. The Morgan fingerprint density at radius 2 is 1.70 bits per heavy atom. The molecule has 46 heavy (non-hydrogen) atoms. The summed E-state index contributed by atoms with van der Waals surface area (Å²) in [5.74, 6) is 0.822. The van der Waals surface area contributed by atoms with Gasteiger partial charge in [-0.15, -0.1) is 0 Å². The number of hydrogen-bond acceptors (Lipinski definition) is 5. The molecule has 0 saturated carbocycles. The van der Waals surface area contributed by atoms with E-state index in [4.69, 9.17) is 20.2 Å². The molecule has 1 fully saturated rings. The maximum atomic E-state index is 12.7. The second-order valence-corrected chi connectivity index (χ2v) is 13.1. The van der Waals surface area contributed by atoms with Crippen LogP contribution >= 0.6 is 0 Å². The molecular weight excluding hydrogens is 572 g/mol. The highest BCUT2D eigenvalue weighted by molar-refractivity contribution is 5.99. The number of ether oxygens (including phenoxy) is 2. The molecule has 1 atom stereocenters. The van der Waals surface area contributed by atoms with Gasteiger partial charge in [0.05, 0.1) is 19.7 Å². The van der Waals surface area contributed by atoms with Crippen molar-refractivity contribution in [2.75, 3.05) is 53.5 Å². The van der Waals surface area contributed by atoms with Gasteiger partial charge in [0, 0.05) is 35.2 Å². The largest absolute Gasteiger partial charge is 0.491 e. The number of primary amides is 1. The molecule has 0 bridgehead atoms. The third-order valence-electron chi connectivity index (χ3n) is 9.41.